The summed E-state index contributed by atoms with van der Waals surface area (Å²) < 4.78 is 0. The summed E-state index contributed by atoms with van der Waals surface area (Å²) in [5.74, 6) is -0.943. The lowest BCUT2D eigenvalue weighted by atomic mass is 9.87. The van der Waals surface area contributed by atoms with Crippen LogP contribution in [0.5, 0.6) is 0 Å². The predicted molar refractivity (Wildman–Crippen MR) is 102 cm³/mol. The van der Waals surface area contributed by atoms with Crippen molar-refractivity contribution >= 4 is 23.5 Å². The maximum Gasteiger partial charge on any atom is 0.344 e. The van der Waals surface area contributed by atoms with Crippen molar-refractivity contribution in [2.45, 2.75) is 18.9 Å². The summed E-state index contributed by atoms with van der Waals surface area (Å²) in [5, 5.41) is 3.51. The monoisotopic (exact) mass is 366 g/mol. The van der Waals surface area contributed by atoms with Crippen LogP contribution in [0.15, 0.2) is 60.7 Å². The number of hydrogen-bond acceptors (Lipinski definition) is 4. The van der Waals surface area contributed by atoms with Gasteiger partial charge in [0.2, 0.25) is 0 Å². The molecule has 3 rings (SSSR count). The first-order valence-corrected chi connectivity index (χ1v) is 8.76. The van der Waals surface area contributed by atoms with Gasteiger partial charge in [-0.2, -0.15) is 5.01 Å². The predicted octanol–water partition coefficient (Wildman–Crippen LogP) is 2.01. The molecule has 2 N–H and O–H groups in total. The Hall–Kier alpha value is -3.35. The van der Waals surface area contributed by atoms with Crippen molar-refractivity contribution in [3.8, 4) is 0 Å². The third kappa shape index (κ3) is 3.48. The van der Waals surface area contributed by atoms with Crippen LogP contribution in [0.4, 0.5) is 10.5 Å². The standard InChI is InChI=1S/C20H22N4O3/c1-3-20(15-10-6-4-7-11-15)18(26)24(19(27)21-20)22-17(25)14-23(2)16-12-8-5-9-13-16/h4-13H,3,14H2,1-2H3,(H,21,27)(H,22,25)/t20-/m1/s1. The summed E-state index contributed by atoms with van der Waals surface area (Å²) in [6, 6.07) is 17.8. The molecule has 0 saturated carbocycles. The molecule has 0 aromatic heterocycles. The number of rotatable bonds is 6. The summed E-state index contributed by atoms with van der Waals surface area (Å²) in [5.41, 5.74) is 2.80. The zero-order chi connectivity index (χ0) is 19.4. The van der Waals surface area contributed by atoms with Crippen molar-refractivity contribution < 1.29 is 14.4 Å². The van der Waals surface area contributed by atoms with Gasteiger partial charge in [-0.05, 0) is 24.1 Å². The highest BCUT2D eigenvalue weighted by atomic mass is 16.2. The van der Waals surface area contributed by atoms with Crippen molar-refractivity contribution in [1.82, 2.24) is 15.8 Å². The average Bonchev–Trinajstić information content (AvgIpc) is 2.94. The number of likely N-dealkylation sites (N-methyl/N-ethyl adjacent to an activating group) is 1. The summed E-state index contributed by atoms with van der Waals surface area (Å²) >= 11 is 0. The maximum atomic E-state index is 13.0. The fourth-order valence-electron chi connectivity index (χ4n) is 3.19. The minimum atomic E-state index is -1.17. The van der Waals surface area contributed by atoms with Crippen molar-refractivity contribution in [3.63, 3.8) is 0 Å². The van der Waals surface area contributed by atoms with Crippen LogP contribution in [0.2, 0.25) is 0 Å². The second kappa shape index (κ2) is 7.49. The van der Waals surface area contributed by atoms with E-state index in [-0.39, 0.29) is 6.54 Å². The highest BCUT2D eigenvalue weighted by molar-refractivity contribution is 6.08. The summed E-state index contributed by atoms with van der Waals surface area (Å²) in [4.78, 5) is 39.5. The molecule has 1 atom stereocenters. The molecule has 1 saturated heterocycles. The largest absolute Gasteiger partial charge is 0.365 e. The fourth-order valence-corrected chi connectivity index (χ4v) is 3.19. The third-order valence-corrected chi connectivity index (χ3v) is 4.70. The number of anilines is 1. The molecule has 27 heavy (non-hydrogen) atoms. The van der Waals surface area contributed by atoms with E-state index in [1.807, 2.05) is 55.5 Å². The quantitative estimate of drug-likeness (QED) is 0.767. The van der Waals surface area contributed by atoms with Crippen LogP contribution in [-0.4, -0.2) is 36.4 Å². The van der Waals surface area contributed by atoms with Crippen LogP contribution < -0.4 is 15.6 Å². The van der Waals surface area contributed by atoms with E-state index in [4.69, 9.17) is 0 Å². The molecule has 4 amide bonds. The Kier molecular flexibility index (Phi) is 5.12. The van der Waals surface area contributed by atoms with Crippen LogP contribution in [0.3, 0.4) is 0 Å². The molecule has 1 heterocycles. The van der Waals surface area contributed by atoms with E-state index in [0.29, 0.717) is 12.0 Å². The van der Waals surface area contributed by atoms with Gasteiger partial charge in [-0.15, -0.1) is 0 Å². The van der Waals surface area contributed by atoms with Gasteiger partial charge >= 0.3 is 6.03 Å². The van der Waals surface area contributed by atoms with Gasteiger partial charge in [0, 0.05) is 12.7 Å². The number of para-hydroxylation sites is 1. The second-order valence-corrected chi connectivity index (χ2v) is 6.42. The van der Waals surface area contributed by atoms with Gasteiger partial charge in [0.15, 0.2) is 0 Å². The average molecular weight is 366 g/mol. The maximum absolute atomic E-state index is 13.0. The fraction of sp³-hybridized carbons (Fsp3) is 0.250. The number of amides is 4. The Morgan fingerprint density at radius 1 is 1.07 bits per heavy atom. The lowest BCUT2D eigenvalue weighted by Gasteiger charge is -2.26. The van der Waals surface area contributed by atoms with E-state index in [2.05, 4.69) is 10.7 Å². The third-order valence-electron chi connectivity index (χ3n) is 4.70. The van der Waals surface area contributed by atoms with Crippen LogP contribution in [0.1, 0.15) is 18.9 Å². The molecule has 0 bridgehead atoms. The zero-order valence-electron chi connectivity index (χ0n) is 15.3. The number of hydrazine groups is 1. The topological polar surface area (TPSA) is 81.8 Å². The number of benzene rings is 2. The number of carbonyl (C=O) groups excluding carboxylic acids is 3. The Bertz CT molecular complexity index is 841. The van der Waals surface area contributed by atoms with Gasteiger partial charge in [0.25, 0.3) is 11.8 Å². The van der Waals surface area contributed by atoms with Gasteiger partial charge in [-0.25, -0.2) is 4.79 Å². The SMILES string of the molecule is CC[C@]1(c2ccccc2)NC(=O)N(NC(=O)CN(C)c2ccccc2)C1=O. The number of carbonyl (C=O) groups is 3. The molecule has 0 radical (unpaired) electrons. The van der Waals surface area contributed by atoms with Crippen molar-refractivity contribution in [2.75, 3.05) is 18.5 Å². The first-order valence-electron chi connectivity index (χ1n) is 8.76. The van der Waals surface area contributed by atoms with Crippen molar-refractivity contribution in [2.24, 2.45) is 0 Å². The summed E-state index contributed by atoms with van der Waals surface area (Å²) in [6.45, 7) is 1.82. The smallest absolute Gasteiger partial charge is 0.344 e. The molecule has 140 valence electrons. The molecular weight excluding hydrogens is 344 g/mol. The summed E-state index contributed by atoms with van der Waals surface area (Å²) in [7, 11) is 1.76. The highest BCUT2D eigenvalue weighted by Crippen LogP contribution is 2.31. The lowest BCUT2D eigenvalue weighted by Crippen LogP contribution is -2.50. The first-order chi connectivity index (χ1) is 13.0. The number of nitrogens with zero attached hydrogens (tertiary/aromatic N) is 2. The van der Waals surface area contributed by atoms with Crippen molar-refractivity contribution in [1.29, 1.82) is 0 Å². The first kappa shape index (κ1) is 18.4. The van der Waals surface area contributed by atoms with Gasteiger partial charge < -0.3 is 10.2 Å². The van der Waals surface area contributed by atoms with Crippen molar-refractivity contribution in [3.05, 3.63) is 66.2 Å². The molecule has 2 aromatic carbocycles. The molecule has 1 fully saturated rings. The van der Waals surface area contributed by atoms with Crippen LogP contribution >= 0.6 is 0 Å². The molecule has 0 unspecified atom stereocenters. The zero-order valence-corrected chi connectivity index (χ0v) is 15.3. The van der Waals surface area contributed by atoms with Gasteiger partial charge in [0.05, 0.1) is 6.54 Å². The Labute approximate surface area is 157 Å². The Morgan fingerprint density at radius 2 is 1.67 bits per heavy atom. The lowest BCUT2D eigenvalue weighted by molar-refractivity contribution is -0.139. The van der Waals surface area contributed by atoms with Gasteiger partial charge in [-0.3, -0.25) is 15.0 Å². The van der Waals surface area contributed by atoms with Crippen LogP contribution in [0, 0.1) is 0 Å². The van der Waals surface area contributed by atoms with E-state index in [9.17, 15) is 14.4 Å². The van der Waals surface area contributed by atoms with Crippen LogP contribution in [0.25, 0.3) is 0 Å². The minimum absolute atomic E-state index is 0.00549. The molecule has 2 aromatic rings. The summed E-state index contributed by atoms with van der Waals surface area (Å²) in [6.07, 6.45) is 0.373. The van der Waals surface area contributed by atoms with E-state index in [0.717, 1.165) is 10.7 Å². The highest BCUT2D eigenvalue weighted by Gasteiger charge is 2.52. The van der Waals surface area contributed by atoms with Gasteiger partial charge in [-0.1, -0.05) is 55.5 Å². The molecular formula is C20H22N4O3. The molecule has 1 aliphatic rings. The van der Waals surface area contributed by atoms with Gasteiger partial charge in [0.1, 0.15) is 5.54 Å². The van der Waals surface area contributed by atoms with E-state index in [1.165, 1.54) is 0 Å². The van der Waals surface area contributed by atoms with E-state index in [1.54, 1.807) is 24.1 Å². The second-order valence-electron chi connectivity index (χ2n) is 6.42. The molecule has 0 aliphatic carbocycles. The number of urea groups is 1. The number of imide groups is 1. The van der Waals surface area contributed by atoms with Crippen LogP contribution in [-0.2, 0) is 15.1 Å². The number of hydrogen-bond donors (Lipinski definition) is 2. The number of nitrogens with one attached hydrogen (secondary N) is 2. The van der Waals surface area contributed by atoms with E-state index >= 15 is 0 Å². The molecule has 7 nitrogen and oxygen atoms in total. The van der Waals surface area contributed by atoms with E-state index < -0.39 is 23.4 Å². The minimum Gasteiger partial charge on any atom is -0.365 e. The Morgan fingerprint density at radius 3 is 2.26 bits per heavy atom. The molecule has 7 heteroatoms. The molecule has 0 spiro atoms. The molecule has 1 aliphatic heterocycles. The Balaban J connectivity index is 1.73. The normalized spacial score (nSPS) is 19.0.